The average Bonchev–Trinajstić information content (AvgIpc) is 2.24. The Hall–Kier alpha value is -0.326. The molecule has 0 bridgehead atoms. The first-order chi connectivity index (χ1) is 8.45. The van der Waals surface area contributed by atoms with Crippen LogP contribution in [-0.4, -0.2) is 0 Å². The number of hydrogen-bond acceptors (Lipinski definition) is 0. The van der Waals surface area contributed by atoms with Gasteiger partial charge in [-0.2, -0.15) is 0 Å². The Morgan fingerprint density at radius 3 is 1.76 bits per heavy atom. The molecule has 1 heteroatoms. The molecule has 0 N–H and O–H groups in total. The van der Waals surface area contributed by atoms with Crippen molar-refractivity contribution >= 4 is 0 Å². The van der Waals surface area contributed by atoms with Crippen molar-refractivity contribution in [2.24, 2.45) is 0 Å². The van der Waals surface area contributed by atoms with Crippen molar-refractivity contribution in [2.75, 3.05) is 0 Å². The molecule has 0 aromatic rings. The van der Waals surface area contributed by atoms with Crippen molar-refractivity contribution in [3.05, 3.63) is 44.2 Å². The van der Waals surface area contributed by atoms with Crippen molar-refractivity contribution in [1.29, 1.82) is 0 Å². The molecule has 0 spiro atoms. The van der Waals surface area contributed by atoms with Gasteiger partial charge in [-0.3, -0.25) is 0 Å². The third-order valence-corrected chi connectivity index (χ3v) is 5.63. The topological polar surface area (TPSA) is 0 Å². The van der Waals surface area contributed by atoms with E-state index < -0.39 is 0 Å². The van der Waals surface area contributed by atoms with E-state index in [0.29, 0.717) is 0 Å². The second kappa shape index (κ2) is 7.90. The maximum absolute atomic E-state index is 2.41. The second-order valence-corrected chi connectivity index (χ2v) is 7.25. The van der Waals surface area contributed by atoms with Crippen LogP contribution in [0.5, 0.6) is 0 Å². The fourth-order valence-corrected chi connectivity index (χ4v) is 4.44. The second-order valence-electron chi connectivity index (χ2n) is 4.86. The Kier molecular flexibility index (Phi) is 6.09. The Morgan fingerprint density at radius 1 is 0.706 bits per heavy atom. The fourth-order valence-electron chi connectivity index (χ4n) is 2.30. The van der Waals surface area contributed by atoms with Crippen LogP contribution in [0.3, 0.4) is 0 Å². The zero-order chi connectivity index (χ0) is 11.8. The molecule has 0 aliphatic heterocycles. The summed E-state index contributed by atoms with van der Waals surface area (Å²) in [7, 11) is 0. The molecule has 0 nitrogen and oxygen atoms in total. The van der Waals surface area contributed by atoms with Crippen LogP contribution in [0, 0.1) is 0 Å². The summed E-state index contributed by atoms with van der Waals surface area (Å²) < 4.78 is 3.50. The molecule has 0 radical (unpaired) electrons. The number of allylic oxidation sites excluding steroid dienone is 8. The molecule has 0 heterocycles. The van der Waals surface area contributed by atoms with Crippen LogP contribution in [0.15, 0.2) is 44.2 Å². The molecule has 0 saturated carbocycles. The summed E-state index contributed by atoms with van der Waals surface area (Å²) in [6.45, 7) is 0. The van der Waals surface area contributed by atoms with E-state index in [0.717, 1.165) is 0 Å². The molecule has 0 aromatic carbocycles. The predicted molar refractivity (Wildman–Crippen MR) is 71.4 cm³/mol. The van der Waals surface area contributed by atoms with Crippen molar-refractivity contribution in [3.8, 4) is 0 Å². The molecule has 2 aliphatic carbocycles. The Bertz CT molecular complexity index is 311. The Labute approximate surface area is 114 Å². The van der Waals surface area contributed by atoms with Gasteiger partial charge in [0.05, 0.1) is 0 Å². The predicted octanol–water partition coefficient (Wildman–Crippen LogP) is 5.10. The van der Waals surface area contributed by atoms with E-state index in [2.05, 4.69) is 36.5 Å². The average molecular weight is 262 g/mol. The first-order valence-electron chi connectivity index (χ1n) is 6.93. The van der Waals surface area contributed by atoms with Crippen LogP contribution >= 0.6 is 0 Å². The van der Waals surface area contributed by atoms with E-state index >= 15 is 0 Å². The van der Waals surface area contributed by atoms with Crippen molar-refractivity contribution < 1.29 is 19.2 Å². The van der Waals surface area contributed by atoms with Crippen molar-refractivity contribution in [2.45, 2.75) is 51.4 Å². The van der Waals surface area contributed by atoms with Crippen LogP contribution in [0.1, 0.15) is 51.4 Å². The van der Waals surface area contributed by atoms with Gasteiger partial charge in [-0.25, -0.2) is 0 Å². The molecule has 2 rings (SSSR count). The first-order valence-corrected chi connectivity index (χ1v) is 8.50. The van der Waals surface area contributed by atoms with E-state index in [9.17, 15) is 0 Å². The van der Waals surface area contributed by atoms with Crippen LogP contribution < -0.4 is 0 Å². The maximum atomic E-state index is 2.41. The van der Waals surface area contributed by atoms with Crippen LogP contribution in [0.2, 0.25) is 0 Å². The molecule has 90 valence electrons. The minimum absolute atomic E-state index is 0.00194. The molecule has 0 saturated heterocycles. The molecule has 0 unspecified atom stereocenters. The summed E-state index contributed by atoms with van der Waals surface area (Å²) in [6.07, 6.45) is 24.8. The van der Waals surface area contributed by atoms with Crippen LogP contribution in [0.4, 0.5) is 0 Å². The third kappa shape index (κ3) is 5.23. The van der Waals surface area contributed by atoms with E-state index in [1.165, 1.54) is 51.4 Å². The van der Waals surface area contributed by atoms with Gasteiger partial charge in [0.25, 0.3) is 0 Å². The molecule has 0 atom stereocenters. The van der Waals surface area contributed by atoms with E-state index in [4.69, 9.17) is 0 Å². The van der Waals surface area contributed by atoms with Crippen LogP contribution in [-0.2, 0) is 19.2 Å². The quantitative estimate of drug-likeness (QED) is 0.607. The first kappa shape index (κ1) is 13.1. The molecule has 0 aromatic heterocycles. The normalized spacial score (nSPS) is 31.5. The molecular weight excluding hydrogens is 240 g/mol. The minimum atomic E-state index is -0.00194. The van der Waals surface area contributed by atoms with Gasteiger partial charge in [-0.05, 0) is 0 Å². The van der Waals surface area contributed by atoms with Gasteiger partial charge in [0.15, 0.2) is 0 Å². The zero-order valence-corrected chi connectivity index (χ0v) is 12.2. The monoisotopic (exact) mass is 262 g/mol. The third-order valence-electron chi connectivity index (χ3n) is 3.32. The van der Waals surface area contributed by atoms with Gasteiger partial charge in [-0.1, -0.05) is 0 Å². The summed E-state index contributed by atoms with van der Waals surface area (Å²) in [5, 5.41) is 0. The Morgan fingerprint density at radius 2 is 1.24 bits per heavy atom. The van der Waals surface area contributed by atoms with Gasteiger partial charge in [0.1, 0.15) is 0 Å². The standard InChI is InChI=1S/2C8H11.Ti/c2*1-2-4-6-8-7-5-3-1;/h2*1-3H,4,6-8H2;/b2*2-1-,5-3?;. The van der Waals surface area contributed by atoms with Crippen molar-refractivity contribution in [3.63, 3.8) is 0 Å². The van der Waals surface area contributed by atoms with Gasteiger partial charge >= 0.3 is 115 Å². The summed E-state index contributed by atoms with van der Waals surface area (Å²) in [4.78, 5) is 0. The summed E-state index contributed by atoms with van der Waals surface area (Å²) in [6, 6.07) is 0. The van der Waals surface area contributed by atoms with Gasteiger partial charge in [-0.15, -0.1) is 0 Å². The zero-order valence-electron chi connectivity index (χ0n) is 10.6. The van der Waals surface area contributed by atoms with Gasteiger partial charge in [0, 0.05) is 0 Å². The molecule has 0 fully saturated rings. The molecular formula is C16H22Ti. The molecule has 2 aliphatic rings. The number of hydrogen-bond donors (Lipinski definition) is 0. The summed E-state index contributed by atoms with van der Waals surface area (Å²) in [5.41, 5.74) is 0. The van der Waals surface area contributed by atoms with E-state index in [-0.39, 0.29) is 19.2 Å². The Balaban J connectivity index is 1.97. The molecule has 17 heavy (non-hydrogen) atoms. The van der Waals surface area contributed by atoms with Gasteiger partial charge in [0.2, 0.25) is 0 Å². The van der Waals surface area contributed by atoms with Crippen molar-refractivity contribution in [1.82, 2.24) is 0 Å². The van der Waals surface area contributed by atoms with E-state index in [1.807, 2.05) is 0 Å². The van der Waals surface area contributed by atoms with Gasteiger partial charge < -0.3 is 0 Å². The van der Waals surface area contributed by atoms with Crippen LogP contribution in [0.25, 0.3) is 0 Å². The fraction of sp³-hybridized carbons (Fsp3) is 0.500. The SMILES string of the molecule is C1=C\CCCC\[C]([Ti]/[C]2=C/C=C\CCCC2)=C/1. The summed E-state index contributed by atoms with van der Waals surface area (Å²) >= 11 is -0.00194. The summed E-state index contributed by atoms with van der Waals surface area (Å²) in [5.74, 6) is 0. The molecule has 0 amide bonds. The number of rotatable bonds is 2. The van der Waals surface area contributed by atoms with E-state index in [1.54, 1.807) is 7.76 Å².